The number of aryl methyl sites for hydroxylation is 2. The number of para-hydroxylation sites is 1. The Labute approximate surface area is 222 Å². The zero-order chi connectivity index (χ0) is 26.5. The number of hydrogen-bond donors (Lipinski definition) is 4. The minimum atomic E-state index is -0.254. The van der Waals surface area contributed by atoms with Gasteiger partial charge in [-0.1, -0.05) is 12.1 Å². The Balaban J connectivity index is 1.26. The SMILES string of the molecule is CC[n+]1ccc(Nc2ccc(NC(=O)c3ccc(Nc4cc[n+](CC)c5ccccc45)cc3N)cc2)cc1. The second-order valence-electron chi connectivity index (χ2n) is 9.03. The van der Waals surface area contributed by atoms with Crippen molar-refractivity contribution in [2.24, 2.45) is 0 Å². The van der Waals surface area contributed by atoms with E-state index in [9.17, 15) is 4.79 Å². The van der Waals surface area contributed by atoms with E-state index >= 15 is 0 Å². The predicted octanol–water partition coefficient (Wildman–Crippen LogP) is 5.78. The van der Waals surface area contributed by atoms with Crippen LogP contribution in [0.25, 0.3) is 10.9 Å². The fourth-order valence-corrected chi connectivity index (χ4v) is 4.43. The van der Waals surface area contributed by atoms with Crippen LogP contribution in [0.1, 0.15) is 24.2 Å². The van der Waals surface area contributed by atoms with Crippen molar-refractivity contribution in [2.75, 3.05) is 21.7 Å². The summed E-state index contributed by atoms with van der Waals surface area (Å²) in [6.07, 6.45) is 6.13. The molecule has 0 spiro atoms. The van der Waals surface area contributed by atoms with Gasteiger partial charge in [0.25, 0.3) is 5.91 Å². The van der Waals surface area contributed by atoms with Gasteiger partial charge >= 0.3 is 0 Å². The van der Waals surface area contributed by atoms with Gasteiger partial charge in [0.2, 0.25) is 5.52 Å². The Bertz CT molecular complexity index is 1580. The lowest BCUT2D eigenvalue weighted by molar-refractivity contribution is -0.693. The highest BCUT2D eigenvalue weighted by molar-refractivity contribution is 6.08. The number of nitrogen functional groups attached to an aromatic ring is 1. The summed E-state index contributed by atoms with van der Waals surface area (Å²) in [5, 5.41) is 10.9. The van der Waals surface area contributed by atoms with E-state index in [0.717, 1.165) is 46.7 Å². The smallest absolute Gasteiger partial charge is 0.257 e. The third kappa shape index (κ3) is 5.42. The lowest BCUT2D eigenvalue weighted by Crippen LogP contribution is -2.32. The first kappa shape index (κ1) is 24.8. The molecule has 7 heteroatoms. The van der Waals surface area contributed by atoms with E-state index in [1.54, 1.807) is 12.1 Å². The third-order valence-corrected chi connectivity index (χ3v) is 6.53. The van der Waals surface area contributed by atoms with E-state index < -0.39 is 0 Å². The summed E-state index contributed by atoms with van der Waals surface area (Å²) < 4.78 is 4.30. The van der Waals surface area contributed by atoms with Gasteiger partial charge in [-0.2, -0.15) is 4.57 Å². The summed E-state index contributed by atoms with van der Waals surface area (Å²) in [6.45, 7) is 6.05. The molecule has 0 fully saturated rings. The number of fused-ring (bicyclic) bond motifs is 1. The van der Waals surface area contributed by atoms with Crippen molar-refractivity contribution in [3.8, 4) is 0 Å². The molecular formula is C31H32N6O+2. The van der Waals surface area contributed by atoms with Gasteiger partial charge < -0.3 is 21.7 Å². The molecule has 2 aromatic heterocycles. The lowest BCUT2D eigenvalue weighted by atomic mass is 10.1. The average Bonchev–Trinajstić information content (AvgIpc) is 2.95. The number of carbonyl (C=O) groups excluding carboxylic acids is 1. The van der Waals surface area contributed by atoms with E-state index in [2.05, 4.69) is 63.3 Å². The van der Waals surface area contributed by atoms with Crippen LogP contribution in [0, 0.1) is 0 Å². The van der Waals surface area contributed by atoms with Crippen LogP contribution in [0.5, 0.6) is 0 Å². The molecule has 0 radical (unpaired) electrons. The van der Waals surface area contributed by atoms with Crippen LogP contribution >= 0.6 is 0 Å². The molecule has 190 valence electrons. The van der Waals surface area contributed by atoms with Crippen molar-refractivity contribution in [3.63, 3.8) is 0 Å². The van der Waals surface area contributed by atoms with Crippen LogP contribution in [0.4, 0.5) is 34.1 Å². The molecule has 7 nitrogen and oxygen atoms in total. The number of amides is 1. The zero-order valence-corrected chi connectivity index (χ0v) is 21.6. The van der Waals surface area contributed by atoms with Crippen LogP contribution < -0.4 is 30.8 Å². The summed E-state index contributed by atoms with van der Waals surface area (Å²) in [5.74, 6) is -0.254. The molecule has 5 rings (SSSR count). The van der Waals surface area contributed by atoms with Gasteiger partial charge in [0.1, 0.15) is 13.1 Å². The Kier molecular flexibility index (Phi) is 7.17. The van der Waals surface area contributed by atoms with Gasteiger partial charge in [-0.25, -0.2) is 4.57 Å². The van der Waals surface area contributed by atoms with Crippen LogP contribution in [-0.2, 0) is 13.1 Å². The molecule has 0 saturated heterocycles. The first-order valence-corrected chi connectivity index (χ1v) is 12.8. The van der Waals surface area contributed by atoms with Gasteiger partial charge in [0.05, 0.1) is 22.3 Å². The van der Waals surface area contributed by atoms with Crippen molar-refractivity contribution < 1.29 is 13.9 Å². The number of nitrogens with zero attached hydrogens (tertiary/aromatic N) is 2. The number of carbonyl (C=O) groups is 1. The van der Waals surface area contributed by atoms with E-state index in [1.807, 2.05) is 67.0 Å². The molecule has 0 aliphatic rings. The summed E-state index contributed by atoms with van der Waals surface area (Å²) in [4.78, 5) is 13.0. The Morgan fingerprint density at radius 2 is 1.42 bits per heavy atom. The molecule has 38 heavy (non-hydrogen) atoms. The maximum absolute atomic E-state index is 13.0. The second kappa shape index (κ2) is 11.0. The molecule has 3 aromatic carbocycles. The van der Waals surface area contributed by atoms with E-state index in [0.29, 0.717) is 16.9 Å². The Morgan fingerprint density at radius 3 is 2.13 bits per heavy atom. The molecule has 1 amide bonds. The predicted molar refractivity (Wildman–Crippen MR) is 154 cm³/mol. The highest BCUT2D eigenvalue weighted by Crippen LogP contribution is 2.27. The number of hydrogen-bond acceptors (Lipinski definition) is 4. The van der Waals surface area contributed by atoms with Crippen LogP contribution in [0.2, 0.25) is 0 Å². The minimum absolute atomic E-state index is 0.254. The lowest BCUT2D eigenvalue weighted by Gasteiger charge is -2.13. The summed E-state index contributed by atoms with van der Waals surface area (Å²) in [7, 11) is 0. The van der Waals surface area contributed by atoms with E-state index in [-0.39, 0.29) is 5.91 Å². The van der Waals surface area contributed by atoms with Crippen LogP contribution in [0.15, 0.2) is 104 Å². The second-order valence-corrected chi connectivity index (χ2v) is 9.03. The maximum Gasteiger partial charge on any atom is 0.257 e. The number of nitrogens with two attached hydrogens (primary N) is 1. The molecule has 5 N–H and O–H groups in total. The van der Waals surface area contributed by atoms with Crippen LogP contribution in [-0.4, -0.2) is 5.91 Å². The minimum Gasteiger partial charge on any atom is -0.398 e. The molecule has 0 saturated carbocycles. The number of nitrogens with one attached hydrogen (secondary N) is 3. The molecule has 0 bridgehead atoms. The normalized spacial score (nSPS) is 10.8. The largest absolute Gasteiger partial charge is 0.398 e. The van der Waals surface area contributed by atoms with Crippen LogP contribution in [0.3, 0.4) is 0 Å². The number of anilines is 6. The van der Waals surface area contributed by atoms with E-state index in [4.69, 9.17) is 5.73 Å². The van der Waals surface area contributed by atoms with Gasteiger partial charge in [0.15, 0.2) is 18.6 Å². The van der Waals surface area contributed by atoms with Crippen molar-refractivity contribution >= 4 is 50.9 Å². The molecule has 2 heterocycles. The highest BCUT2D eigenvalue weighted by Gasteiger charge is 2.14. The van der Waals surface area contributed by atoms with Crippen molar-refractivity contribution in [1.82, 2.24) is 0 Å². The number of benzene rings is 3. The molecule has 0 aliphatic heterocycles. The van der Waals surface area contributed by atoms with E-state index in [1.165, 1.54) is 0 Å². The maximum atomic E-state index is 13.0. The quantitative estimate of drug-likeness (QED) is 0.159. The fourth-order valence-electron chi connectivity index (χ4n) is 4.43. The Morgan fingerprint density at radius 1 is 0.737 bits per heavy atom. The molecule has 0 atom stereocenters. The summed E-state index contributed by atoms with van der Waals surface area (Å²) in [5.41, 5.74) is 12.7. The monoisotopic (exact) mass is 504 g/mol. The zero-order valence-electron chi connectivity index (χ0n) is 21.6. The summed E-state index contributed by atoms with van der Waals surface area (Å²) >= 11 is 0. The molecule has 0 unspecified atom stereocenters. The standard InChI is InChI=1S/C31H30N6O/c1-3-36-18-15-24(16-19-36)33-22-9-11-23(12-10-22)35-31(38)26-14-13-25(21-28(26)32)34-29-17-20-37(4-2)30-8-6-5-7-27(29)30/h5-21H,3-4H2,1-2H3,(H3,32,35,38)/p+2. The van der Waals surface area contributed by atoms with Crippen molar-refractivity contribution in [1.29, 1.82) is 0 Å². The fraction of sp³-hybridized carbons (Fsp3) is 0.129. The Hall–Kier alpha value is -4.91. The van der Waals surface area contributed by atoms with Gasteiger partial charge in [0, 0.05) is 47.0 Å². The number of rotatable bonds is 8. The van der Waals surface area contributed by atoms with Gasteiger partial charge in [-0.15, -0.1) is 0 Å². The van der Waals surface area contributed by atoms with Crippen molar-refractivity contribution in [2.45, 2.75) is 26.9 Å². The number of aromatic nitrogens is 2. The highest BCUT2D eigenvalue weighted by atomic mass is 16.1. The first-order valence-electron chi connectivity index (χ1n) is 12.8. The van der Waals surface area contributed by atoms with Gasteiger partial charge in [-0.05, 0) is 62.4 Å². The molecule has 0 aliphatic carbocycles. The van der Waals surface area contributed by atoms with Gasteiger partial charge in [-0.3, -0.25) is 4.79 Å². The van der Waals surface area contributed by atoms with Crippen molar-refractivity contribution in [3.05, 3.63) is 109 Å². The third-order valence-electron chi connectivity index (χ3n) is 6.53. The topological polar surface area (TPSA) is 86.9 Å². The summed E-state index contributed by atoms with van der Waals surface area (Å²) in [6, 6.07) is 27.4. The first-order chi connectivity index (χ1) is 18.5. The average molecular weight is 505 g/mol. The molecular weight excluding hydrogens is 472 g/mol. The molecule has 5 aromatic rings. The number of pyridine rings is 2.